The van der Waals surface area contributed by atoms with Crippen LogP contribution in [0.25, 0.3) is 0 Å². The summed E-state index contributed by atoms with van der Waals surface area (Å²) in [5.41, 5.74) is 2.56. The van der Waals surface area contributed by atoms with Gasteiger partial charge >= 0.3 is 0 Å². The van der Waals surface area contributed by atoms with E-state index in [1.807, 2.05) is 11.0 Å². The van der Waals surface area contributed by atoms with Gasteiger partial charge in [-0.15, -0.1) is 0 Å². The first-order valence-electron chi connectivity index (χ1n) is 8.57. The fourth-order valence-electron chi connectivity index (χ4n) is 4.00. The second-order valence-corrected chi connectivity index (χ2v) is 6.80. The molecule has 1 aromatic rings. The number of carbonyl (C=O) groups excluding carboxylic acids is 1. The number of piperidine rings is 1. The minimum Gasteiger partial charge on any atom is -0.359 e. The molecule has 0 bridgehead atoms. The summed E-state index contributed by atoms with van der Waals surface area (Å²) in [6, 6.07) is 8.79. The number of hydrogen-bond acceptors (Lipinski definition) is 4. The Bertz CT molecular complexity index is 588. The number of carbonyl (C=O) groups is 1. The Balaban J connectivity index is 1.39. The molecule has 5 heteroatoms. The van der Waals surface area contributed by atoms with Gasteiger partial charge in [0.1, 0.15) is 0 Å². The van der Waals surface area contributed by atoms with Crippen LogP contribution in [-0.4, -0.2) is 55.5 Å². The Labute approximate surface area is 137 Å². The number of para-hydroxylation sites is 1. The van der Waals surface area contributed by atoms with Crippen molar-refractivity contribution in [1.29, 1.82) is 0 Å². The van der Waals surface area contributed by atoms with Crippen LogP contribution in [0.15, 0.2) is 24.3 Å². The van der Waals surface area contributed by atoms with Gasteiger partial charge in [-0.05, 0) is 25.0 Å². The number of fused-ring (bicyclic) bond motifs is 1. The zero-order chi connectivity index (χ0) is 15.9. The minimum absolute atomic E-state index is 0.210. The van der Waals surface area contributed by atoms with Gasteiger partial charge in [-0.1, -0.05) is 18.2 Å². The molecule has 1 spiro atoms. The van der Waals surface area contributed by atoms with Crippen molar-refractivity contribution in [2.45, 2.75) is 38.0 Å². The summed E-state index contributed by atoms with van der Waals surface area (Å²) in [5.74, 6) is -0.203. The van der Waals surface area contributed by atoms with Crippen LogP contribution in [0.4, 0.5) is 5.69 Å². The molecule has 1 amide bonds. The van der Waals surface area contributed by atoms with Crippen molar-refractivity contribution in [2.75, 3.05) is 37.7 Å². The molecule has 2 saturated heterocycles. The van der Waals surface area contributed by atoms with Gasteiger partial charge in [0.05, 0.1) is 19.8 Å². The van der Waals surface area contributed by atoms with E-state index in [4.69, 9.17) is 9.47 Å². The van der Waals surface area contributed by atoms with Crippen molar-refractivity contribution < 1.29 is 14.3 Å². The summed E-state index contributed by atoms with van der Waals surface area (Å²) in [7, 11) is 0. The molecule has 0 aliphatic carbocycles. The molecular formula is C18H24N2O3. The highest BCUT2D eigenvalue weighted by molar-refractivity contribution is 5.82. The molecule has 1 atom stereocenters. The molecule has 23 heavy (non-hydrogen) atoms. The lowest BCUT2D eigenvalue weighted by Crippen LogP contribution is -2.50. The predicted molar refractivity (Wildman–Crippen MR) is 87.4 cm³/mol. The maximum atomic E-state index is 12.7. The van der Waals surface area contributed by atoms with Gasteiger partial charge in [-0.25, -0.2) is 0 Å². The first-order chi connectivity index (χ1) is 11.2. The van der Waals surface area contributed by atoms with E-state index in [1.165, 1.54) is 11.3 Å². The molecule has 0 N–H and O–H groups in total. The Morgan fingerprint density at radius 3 is 2.65 bits per heavy atom. The average molecular weight is 316 g/mol. The van der Waals surface area contributed by atoms with Crippen LogP contribution in [0.3, 0.4) is 0 Å². The number of nitrogens with zero attached hydrogens (tertiary/aromatic N) is 2. The van der Waals surface area contributed by atoms with Crippen molar-refractivity contribution in [3.8, 4) is 0 Å². The van der Waals surface area contributed by atoms with Crippen LogP contribution in [0.5, 0.6) is 0 Å². The van der Waals surface area contributed by atoms with E-state index in [2.05, 4.69) is 30.0 Å². The molecule has 1 aromatic carbocycles. The third-order valence-electron chi connectivity index (χ3n) is 5.35. The number of rotatable bonds is 2. The van der Waals surface area contributed by atoms with E-state index in [1.54, 1.807) is 0 Å². The van der Waals surface area contributed by atoms with Gasteiger partial charge in [0, 0.05) is 37.7 Å². The second-order valence-electron chi connectivity index (χ2n) is 6.80. The van der Waals surface area contributed by atoms with Crippen molar-refractivity contribution in [1.82, 2.24) is 4.90 Å². The molecule has 2 fully saturated rings. The Hall–Kier alpha value is -1.59. The van der Waals surface area contributed by atoms with E-state index >= 15 is 0 Å². The van der Waals surface area contributed by atoms with E-state index in [-0.39, 0.29) is 5.91 Å². The van der Waals surface area contributed by atoms with Gasteiger partial charge in [0.15, 0.2) is 5.79 Å². The van der Waals surface area contributed by atoms with Gasteiger partial charge < -0.3 is 19.3 Å². The van der Waals surface area contributed by atoms with Crippen LogP contribution in [-0.2, 0) is 20.7 Å². The van der Waals surface area contributed by atoms with Crippen LogP contribution >= 0.6 is 0 Å². The molecule has 3 aliphatic rings. The molecule has 3 heterocycles. The number of likely N-dealkylation sites (tertiary alicyclic amines) is 1. The smallest absolute Gasteiger partial charge is 0.242 e. The largest absolute Gasteiger partial charge is 0.359 e. The number of amides is 1. The Morgan fingerprint density at radius 1 is 1.22 bits per heavy atom. The zero-order valence-electron chi connectivity index (χ0n) is 13.7. The van der Waals surface area contributed by atoms with E-state index in [9.17, 15) is 4.79 Å². The van der Waals surface area contributed by atoms with Crippen LogP contribution in [0, 0.1) is 0 Å². The fourth-order valence-corrected chi connectivity index (χ4v) is 4.00. The quantitative estimate of drug-likeness (QED) is 0.834. The molecule has 0 radical (unpaired) electrons. The first kappa shape index (κ1) is 15.0. The molecule has 0 aromatic heterocycles. The number of benzene rings is 1. The maximum Gasteiger partial charge on any atom is 0.242 e. The molecular weight excluding hydrogens is 292 g/mol. The fraction of sp³-hybridized carbons (Fsp3) is 0.611. The standard InChI is InChI=1S/C18H24N2O3/c1-14-12-15-4-2-3-5-16(15)20(14)13-17(21)19-8-6-18(7-9-19)22-10-11-23-18/h2-5,14H,6-13H2,1H3. The van der Waals surface area contributed by atoms with Crippen LogP contribution in [0.2, 0.25) is 0 Å². The second kappa shape index (κ2) is 5.80. The van der Waals surface area contributed by atoms with Crippen molar-refractivity contribution in [2.24, 2.45) is 0 Å². The summed E-state index contributed by atoms with van der Waals surface area (Å²) < 4.78 is 11.5. The molecule has 124 valence electrons. The highest BCUT2D eigenvalue weighted by Gasteiger charge is 2.41. The maximum absolute atomic E-state index is 12.7. The monoisotopic (exact) mass is 316 g/mol. The number of anilines is 1. The normalized spacial score (nSPS) is 25.9. The topological polar surface area (TPSA) is 42.0 Å². The highest BCUT2D eigenvalue weighted by atomic mass is 16.7. The number of hydrogen-bond donors (Lipinski definition) is 0. The zero-order valence-corrected chi connectivity index (χ0v) is 13.7. The lowest BCUT2D eigenvalue weighted by atomic mass is 10.0. The summed E-state index contributed by atoms with van der Waals surface area (Å²) in [6.45, 7) is 5.46. The predicted octanol–water partition coefficient (Wildman–Crippen LogP) is 1.80. The van der Waals surface area contributed by atoms with Gasteiger partial charge in [-0.2, -0.15) is 0 Å². The third-order valence-corrected chi connectivity index (χ3v) is 5.35. The average Bonchev–Trinajstić information content (AvgIpc) is 3.14. The summed E-state index contributed by atoms with van der Waals surface area (Å²) in [5, 5.41) is 0. The summed E-state index contributed by atoms with van der Waals surface area (Å²) in [6.07, 6.45) is 2.59. The Kier molecular flexibility index (Phi) is 3.77. The molecule has 1 unspecified atom stereocenters. The van der Waals surface area contributed by atoms with Gasteiger partial charge in [-0.3, -0.25) is 4.79 Å². The van der Waals surface area contributed by atoms with Crippen LogP contribution < -0.4 is 4.90 Å². The van der Waals surface area contributed by atoms with E-state index in [0.717, 1.165) is 32.4 Å². The lowest BCUT2D eigenvalue weighted by molar-refractivity contribution is -0.187. The van der Waals surface area contributed by atoms with Crippen molar-refractivity contribution in [3.05, 3.63) is 29.8 Å². The summed E-state index contributed by atoms with van der Waals surface area (Å²) >= 11 is 0. The first-order valence-corrected chi connectivity index (χ1v) is 8.57. The van der Waals surface area contributed by atoms with Crippen molar-refractivity contribution >= 4 is 11.6 Å². The summed E-state index contributed by atoms with van der Waals surface area (Å²) in [4.78, 5) is 16.9. The number of ether oxygens (including phenoxy) is 2. The molecule has 4 rings (SSSR count). The van der Waals surface area contributed by atoms with Gasteiger partial charge in [0.25, 0.3) is 0 Å². The van der Waals surface area contributed by atoms with Crippen LogP contribution in [0.1, 0.15) is 25.3 Å². The lowest BCUT2D eigenvalue weighted by Gasteiger charge is -2.38. The minimum atomic E-state index is -0.412. The molecule has 5 nitrogen and oxygen atoms in total. The van der Waals surface area contributed by atoms with Gasteiger partial charge in [0.2, 0.25) is 5.91 Å². The van der Waals surface area contributed by atoms with E-state index in [0.29, 0.717) is 25.8 Å². The van der Waals surface area contributed by atoms with E-state index < -0.39 is 5.79 Å². The molecule has 0 saturated carbocycles. The Morgan fingerprint density at radius 2 is 1.91 bits per heavy atom. The SMILES string of the molecule is CC1Cc2ccccc2N1CC(=O)N1CCC2(CC1)OCCO2. The van der Waals surface area contributed by atoms with Crippen molar-refractivity contribution in [3.63, 3.8) is 0 Å². The molecule has 3 aliphatic heterocycles. The highest BCUT2D eigenvalue weighted by Crippen LogP contribution is 2.33. The third kappa shape index (κ3) is 2.72.